The summed E-state index contributed by atoms with van der Waals surface area (Å²) in [6.07, 6.45) is 10.7. The van der Waals surface area contributed by atoms with Crippen LogP contribution in [0.2, 0.25) is 0 Å². The molecule has 0 spiro atoms. The predicted molar refractivity (Wildman–Crippen MR) is 208 cm³/mol. The number of hydrogen-bond donors (Lipinski definition) is 2. The molecule has 0 radical (unpaired) electrons. The molecule has 15 nitrogen and oxygen atoms in total. The molecule has 2 N–H and O–H groups in total. The van der Waals surface area contributed by atoms with E-state index in [1.54, 1.807) is 21.6 Å². The number of amides is 5. The van der Waals surface area contributed by atoms with Gasteiger partial charge in [0.25, 0.3) is 11.8 Å². The van der Waals surface area contributed by atoms with Crippen molar-refractivity contribution in [2.75, 3.05) is 52.5 Å². The molecule has 15 heteroatoms. The van der Waals surface area contributed by atoms with Crippen LogP contribution in [-0.4, -0.2) is 126 Å². The van der Waals surface area contributed by atoms with Crippen molar-refractivity contribution >= 4 is 46.6 Å². The van der Waals surface area contributed by atoms with Crippen LogP contribution in [0.4, 0.5) is 4.79 Å². The molecule has 3 aliphatic carbocycles. The maximum absolute atomic E-state index is 14.2. The summed E-state index contributed by atoms with van der Waals surface area (Å²) in [5.74, 6) is -1.21. The molecule has 5 amide bonds. The third-order valence-electron chi connectivity index (χ3n) is 12.2. The summed E-state index contributed by atoms with van der Waals surface area (Å²) in [5.41, 5.74) is 2.77. The van der Waals surface area contributed by atoms with Gasteiger partial charge in [-0.15, -0.1) is 0 Å². The molecule has 1 aromatic heterocycles. The quantitative estimate of drug-likeness (QED) is 0.269. The molecule has 0 unspecified atom stereocenters. The Kier molecular flexibility index (Phi) is 13.1. The number of nitrogens with zero attached hydrogens (tertiary/aromatic N) is 4. The molecule has 2 saturated heterocycles. The summed E-state index contributed by atoms with van der Waals surface area (Å²) in [6.45, 7) is 3.49. The van der Waals surface area contributed by atoms with Crippen molar-refractivity contribution in [2.45, 2.75) is 115 Å². The number of piperazine rings is 1. The zero-order chi connectivity index (χ0) is 39.9. The van der Waals surface area contributed by atoms with Gasteiger partial charge in [-0.05, 0) is 101 Å². The molecule has 4 fully saturated rings. The average Bonchev–Trinajstić information content (AvgIpc) is 4.02. The highest BCUT2D eigenvalue weighted by Crippen LogP contribution is 2.34. The highest BCUT2D eigenvalue weighted by atomic mass is 16.6. The highest BCUT2D eigenvalue weighted by Gasteiger charge is 2.36. The first kappa shape index (κ1) is 40.3. The van der Waals surface area contributed by atoms with Gasteiger partial charge in [-0.3, -0.25) is 24.0 Å². The van der Waals surface area contributed by atoms with Gasteiger partial charge < -0.3 is 39.5 Å². The lowest BCUT2D eigenvalue weighted by Crippen LogP contribution is -2.56. The Morgan fingerprint density at radius 2 is 1.63 bits per heavy atom. The fourth-order valence-corrected chi connectivity index (χ4v) is 8.73. The van der Waals surface area contributed by atoms with Crippen molar-refractivity contribution in [1.29, 1.82) is 0 Å². The minimum atomic E-state index is -1.08. The molecule has 2 aliphatic heterocycles. The summed E-state index contributed by atoms with van der Waals surface area (Å²) in [4.78, 5) is 89.6. The summed E-state index contributed by atoms with van der Waals surface area (Å²) >= 11 is 0. The predicted octanol–water partition coefficient (Wildman–Crippen LogP) is 3.67. The molecule has 1 aromatic carbocycles. The van der Waals surface area contributed by atoms with E-state index in [1.807, 2.05) is 12.1 Å². The highest BCUT2D eigenvalue weighted by molar-refractivity contribution is 6.00. The van der Waals surface area contributed by atoms with Crippen LogP contribution >= 0.6 is 0 Å². The van der Waals surface area contributed by atoms with Crippen LogP contribution in [0.15, 0.2) is 18.2 Å². The molecule has 308 valence electrons. The van der Waals surface area contributed by atoms with E-state index in [0.29, 0.717) is 42.1 Å². The number of fused-ring (bicyclic) bond motifs is 3. The van der Waals surface area contributed by atoms with E-state index in [0.717, 1.165) is 81.8 Å². The van der Waals surface area contributed by atoms with E-state index in [4.69, 9.17) is 19.2 Å². The fourth-order valence-electron chi connectivity index (χ4n) is 8.73. The van der Waals surface area contributed by atoms with E-state index in [9.17, 15) is 28.8 Å². The van der Waals surface area contributed by atoms with Crippen molar-refractivity contribution in [1.82, 2.24) is 30.3 Å². The van der Waals surface area contributed by atoms with Crippen LogP contribution in [-0.2, 0) is 41.5 Å². The van der Waals surface area contributed by atoms with E-state index in [-0.39, 0.29) is 81.7 Å². The number of hydrogen-bond acceptors (Lipinski definition) is 10. The third kappa shape index (κ3) is 9.61. The normalized spacial score (nSPS) is 20.2. The molecule has 57 heavy (non-hydrogen) atoms. The summed E-state index contributed by atoms with van der Waals surface area (Å²) in [7, 11) is 0. The number of nitrogens with one attached hydrogen (secondary N) is 2. The van der Waals surface area contributed by atoms with Crippen LogP contribution in [0.5, 0.6) is 5.75 Å². The topological polar surface area (TPSA) is 177 Å². The molecule has 7 rings (SSSR count). The average molecular weight is 789 g/mol. The Hall–Kier alpha value is -4.95. The Bertz CT molecular complexity index is 1840. The van der Waals surface area contributed by atoms with Gasteiger partial charge in [-0.2, -0.15) is 0 Å². The summed E-state index contributed by atoms with van der Waals surface area (Å²) in [5, 5.41) is 6.61. The number of ether oxygens (including phenoxy) is 3. The molecule has 2 aromatic rings. The first-order valence-electron chi connectivity index (χ1n) is 21.0. The number of esters is 1. The van der Waals surface area contributed by atoms with Crippen molar-refractivity contribution in [3.8, 4) is 5.75 Å². The maximum Gasteiger partial charge on any atom is 0.409 e. The van der Waals surface area contributed by atoms with Crippen molar-refractivity contribution in [2.24, 2.45) is 5.92 Å². The third-order valence-corrected chi connectivity index (χ3v) is 12.2. The fraction of sp³-hybridized carbons (Fsp3) is 0.643. The second-order valence-corrected chi connectivity index (χ2v) is 16.0. The molecule has 3 heterocycles. The smallest absolute Gasteiger partial charge is 0.409 e. The number of aromatic nitrogens is 1. The zero-order valence-electron chi connectivity index (χ0n) is 33.1. The first-order valence-corrected chi connectivity index (χ1v) is 21.0. The van der Waals surface area contributed by atoms with E-state index in [1.165, 1.54) is 6.07 Å². The minimum absolute atomic E-state index is 0.0120. The zero-order valence-corrected chi connectivity index (χ0v) is 33.1. The van der Waals surface area contributed by atoms with E-state index < -0.39 is 30.1 Å². The van der Waals surface area contributed by atoms with Crippen LogP contribution in [0.1, 0.15) is 106 Å². The van der Waals surface area contributed by atoms with Crippen LogP contribution in [0.25, 0.3) is 10.9 Å². The van der Waals surface area contributed by atoms with Gasteiger partial charge in [-0.25, -0.2) is 9.78 Å². The number of rotatable bonds is 14. The number of carbonyl (C=O) groups excluding carboxylic acids is 6. The Balaban J connectivity index is 1.08. The van der Waals surface area contributed by atoms with Crippen molar-refractivity contribution in [3.63, 3.8) is 0 Å². The van der Waals surface area contributed by atoms with Gasteiger partial charge in [0, 0.05) is 56.6 Å². The van der Waals surface area contributed by atoms with Gasteiger partial charge >= 0.3 is 12.1 Å². The molecule has 2 atom stereocenters. The molecule has 2 saturated carbocycles. The number of likely N-dealkylation sites (tertiary alicyclic amines) is 1. The van der Waals surface area contributed by atoms with E-state index >= 15 is 0 Å². The number of carbonyl (C=O) groups is 6. The Morgan fingerprint density at radius 1 is 0.860 bits per heavy atom. The minimum Gasteiger partial charge on any atom is -0.483 e. The number of pyridine rings is 1. The van der Waals surface area contributed by atoms with Gasteiger partial charge in [-0.1, -0.05) is 18.9 Å². The Morgan fingerprint density at radius 3 is 2.37 bits per heavy atom. The first-order chi connectivity index (χ1) is 27.7. The second-order valence-electron chi connectivity index (χ2n) is 16.0. The largest absolute Gasteiger partial charge is 0.483 e. The van der Waals surface area contributed by atoms with Crippen LogP contribution < -0.4 is 15.4 Å². The monoisotopic (exact) mass is 788 g/mol. The SMILES string of the molecule is CCOC(=O)N1CCN(C(=O)[C@H](CCC(=O)OCC2CCCC2)NC(=O)c2cc(OCC(=O)N3CCC[C@H]3C(=O)NC3CCC3)c3ccc4c(c3n2)CCC4)CC1. The van der Waals surface area contributed by atoms with Gasteiger partial charge in [0.15, 0.2) is 6.61 Å². The van der Waals surface area contributed by atoms with Gasteiger partial charge in [0.2, 0.25) is 11.8 Å². The van der Waals surface area contributed by atoms with Crippen molar-refractivity contribution < 1.29 is 43.0 Å². The lowest BCUT2D eigenvalue weighted by atomic mass is 9.93. The number of benzene rings is 1. The van der Waals surface area contributed by atoms with E-state index in [2.05, 4.69) is 10.6 Å². The van der Waals surface area contributed by atoms with Crippen LogP contribution in [0, 0.1) is 5.92 Å². The lowest BCUT2D eigenvalue weighted by Gasteiger charge is -2.36. The number of aryl methyl sites for hydroxylation is 2. The lowest BCUT2D eigenvalue weighted by molar-refractivity contribution is -0.145. The molecule has 5 aliphatic rings. The summed E-state index contributed by atoms with van der Waals surface area (Å²) in [6, 6.07) is 3.99. The molecule has 0 bridgehead atoms. The second kappa shape index (κ2) is 18.5. The molecular formula is C42H56N6O9. The Labute approximate surface area is 333 Å². The standard InChI is InChI=1S/C42H56N6O9/c1-2-55-42(54)47-22-20-46(21-23-47)41(53)32(17-18-37(50)57-25-27-8-3-4-9-27)45-39(51)33-24-35(31-16-15-28-10-5-13-30(28)38(31)44-33)56-26-36(49)48-19-7-14-34(48)40(52)43-29-11-6-12-29/h15-16,24,27,29,32,34H,2-14,17-23,25-26H2,1H3,(H,43,52)(H,45,51)/t32-,34-/m0/s1. The molecular weight excluding hydrogens is 732 g/mol. The van der Waals surface area contributed by atoms with Crippen molar-refractivity contribution in [3.05, 3.63) is 35.0 Å². The summed E-state index contributed by atoms with van der Waals surface area (Å²) < 4.78 is 16.9. The maximum atomic E-state index is 14.2. The van der Waals surface area contributed by atoms with Crippen LogP contribution in [0.3, 0.4) is 0 Å². The van der Waals surface area contributed by atoms with Gasteiger partial charge in [0.05, 0.1) is 18.7 Å². The van der Waals surface area contributed by atoms with Gasteiger partial charge in [0.1, 0.15) is 23.5 Å².